The van der Waals surface area contributed by atoms with Crippen LogP contribution in [-0.2, 0) is 16.8 Å². The molecule has 1 heterocycles. The molecule has 0 aliphatic rings. The molecule has 3 N–H and O–H groups in total. The van der Waals surface area contributed by atoms with Crippen molar-refractivity contribution < 1.29 is 13.9 Å². The number of halogens is 2. The fourth-order valence-electron chi connectivity index (χ4n) is 2.61. The second-order valence-corrected chi connectivity index (χ2v) is 9.17. The van der Waals surface area contributed by atoms with Gasteiger partial charge >= 0.3 is 0 Å². The highest BCUT2D eigenvalue weighted by atomic mass is 35.5. The minimum Gasteiger partial charge on any atom is -0.486 e. The van der Waals surface area contributed by atoms with E-state index in [-0.39, 0.29) is 23.5 Å². The number of nitrogens with two attached hydrogens (primary N) is 1. The number of amides is 1. The third-order valence-corrected chi connectivity index (χ3v) is 5.54. The molecule has 0 aliphatic carbocycles. The molecule has 0 aliphatic heterocycles. The maximum absolute atomic E-state index is 13.7. The van der Waals surface area contributed by atoms with Crippen LogP contribution in [-0.4, -0.2) is 26.5 Å². The predicted molar refractivity (Wildman–Crippen MR) is 120 cm³/mol. The minimum atomic E-state index is -0.570. The molecule has 0 spiro atoms. The van der Waals surface area contributed by atoms with Crippen LogP contribution in [0.1, 0.15) is 32.2 Å². The third kappa shape index (κ3) is 6.11. The van der Waals surface area contributed by atoms with Crippen molar-refractivity contribution in [2.75, 3.05) is 16.9 Å². The summed E-state index contributed by atoms with van der Waals surface area (Å²) in [4.78, 5) is 12.1. The number of hydrogen-bond donors (Lipinski definition) is 2. The Morgan fingerprint density at radius 1 is 1.23 bits per heavy atom. The number of ether oxygens (including phenoxy) is 1. The molecule has 164 valence electrons. The zero-order chi connectivity index (χ0) is 22.6. The van der Waals surface area contributed by atoms with E-state index in [4.69, 9.17) is 22.2 Å². The van der Waals surface area contributed by atoms with Gasteiger partial charge in [0.05, 0.1) is 11.4 Å². The van der Waals surface area contributed by atoms with Gasteiger partial charge in [0, 0.05) is 5.02 Å². The van der Waals surface area contributed by atoms with Crippen LogP contribution < -0.4 is 15.9 Å². The standard InChI is InChI=1S/C21H23ClFN5O2S/c1-21(2,3)13-4-7-15(8-5-13)30-11-18-26-27-20(28(18)24)31-12-19(29)25-17-10-14(22)6-9-16(17)23/h4-10H,11-12,24H2,1-3H3,(H,25,29). The number of aromatic nitrogens is 3. The fraction of sp³-hybridized carbons (Fsp3) is 0.286. The van der Waals surface area contributed by atoms with Crippen LogP contribution in [0.5, 0.6) is 5.75 Å². The summed E-state index contributed by atoms with van der Waals surface area (Å²) in [7, 11) is 0. The van der Waals surface area contributed by atoms with Crippen LogP contribution in [0.3, 0.4) is 0 Å². The highest BCUT2D eigenvalue weighted by Crippen LogP contribution is 2.25. The van der Waals surface area contributed by atoms with Crippen molar-refractivity contribution in [3.05, 3.63) is 64.7 Å². The highest BCUT2D eigenvalue weighted by Gasteiger charge is 2.15. The molecule has 0 radical (unpaired) electrons. The van der Waals surface area contributed by atoms with Gasteiger partial charge in [-0.2, -0.15) is 0 Å². The number of nitrogens with one attached hydrogen (secondary N) is 1. The lowest BCUT2D eigenvalue weighted by atomic mass is 9.87. The molecular formula is C21H23ClFN5O2S. The van der Waals surface area contributed by atoms with Gasteiger partial charge in [0.2, 0.25) is 11.1 Å². The zero-order valence-corrected chi connectivity index (χ0v) is 18.9. The number of anilines is 1. The lowest BCUT2D eigenvalue weighted by Crippen LogP contribution is -2.18. The molecule has 0 saturated heterocycles. The number of rotatable bonds is 7. The summed E-state index contributed by atoms with van der Waals surface area (Å²) in [6.07, 6.45) is 0. The zero-order valence-electron chi connectivity index (χ0n) is 17.4. The second kappa shape index (κ2) is 9.57. The third-order valence-electron chi connectivity index (χ3n) is 4.36. The fourth-order valence-corrected chi connectivity index (χ4v) is 3.46. The van der Waals surface area contributed by atoms with E-state index in [1.165, 1.54) is 28.4 Å². The Bertz CT molecular complexity index is 1070. The van der Waals surface area contributed by atoms with E-state index < -0.39 is 11.7 Å². The van der Waals surface area contributed by atoms with Crippen LogP contribution in [0.2, 0.25) is 5.02 Å². The predicted octanol–water partition coefficient (Wildman–Crippen LogP) is 4.39. The van der Waals surface area contributed by atoms with Crippen molar-refractivity contribution >= 4 is 35.0 Å². The van der Waals surface area contributed by atoms with Crippen LogP contribution in [0.15, 0.2) is 47.6 Å². The lowest BCUT2D eigenvalue weighted by Gasteiger charge is -2.19. The van der Waals surface area contributed by atoms with Gasteiger partial charge in [0.25, 0.3) is 0 Å². The van der Waals surface area contributed by atoms with Crippen molar-refractivity contribution in [2.45, 2.75) is 37.9 Å². The quantitative estimate of drug-likeness (QED) is 0.398. The molecule has 0 fully saturated rings. The molecule has 1 amide bonds. The normalized spacial score (nSPS) is 11.4. The van der Waals surface area contributed by atoms with E-state index in [0.29, 0.717) is 21.8 Å². The van der Waals surface area contributed by atoms with Gasteiger partial charge < -0.3 is 15.9 Å². The van der Waals surface area contributed by atoms with E-state index in [1.807, 2.05) is 24.3 Å². The Hall–Kier alpha value is -2.78. The molecule has 3 aromatic rings. The van der Waals surface area contributed by atoms with Gasteiger partial charge in [-0.15, -0.1) is 10.2 Å². The van der Waals surface area contributed by atoms with Gasteiger partial charge in [0.15, 0.2) is 5.82 Å². The molecule has 2 aromatic carbocycles. The monoisotopic (exact) mass is 463 g/mol. The van der Waals surface area contributed by atoms with Gasteiger partial charge in [-0.3, -0.25) is 4.79 Å². The molecule has 0 atom stereocenters. The summed E-state index contributed by atoms with van der Waals surface area (Å²) in [5.41, 5.74) is 1.28. The van der Waals surface area contributed by atoms with Crippen molar-refractivity contribution in [2.24, 2.45) is 0 Å². The largest absolute Gasteiger partial charge is 0.486 e. The SMILES string of the molecule is CC(C)(C)c1ccc(OCc2nnc(SCC(=O)Nc3cc(Cl)ccc3F)n2N)cc1. The Labute approximate surface area is 189 Å². The Morgan fingerprint density at radius 2 is 1.94 bits per heavy atom. The van der Waals surface area contributed by atoms with Gasteiger partial charge in [-0.05, 0) is 41.3 Å². The second-order valence-electron chi connectivity index (χ2n) is 7.79. The molecule has 7 nitrogen and oxygen atoms in total. The summed E-state index contributed by atoms with van der Waals surface area (Å²) >= 11 is 6.90. The summed E-state index contributed by atoms with van der Waals surface area (Å²) in [5, 5.41) is 11.1. The summed E-state index contributed by atoms with van der Waals surface area (Å²) < 4.78 is 20.7. The summed E-state index contributed by atoms with van der Waals surface area (Å²) in [5.74, 6) is 6.08. The molecular weight excluding hydrogens is 441 g/mol. The van der Waals surface area contributed by atoms with Crippen LogP contribution in [0.25, 0.3) is 0 Å². The van der Waals surface area contributed by atoms with Crippen molar-refractivity contribution in [3.8, 4) is 5.75 Å². The summed E-state index contributed by atoms with van der Waals surface area (Å²) in [6.45, 7) is 6.55. The number of thioether (sulfide) groups is 1. The van der Waals surface area contributed by atoms with E-state index in [9.17, 15) is 9.18 Å². The van der Waals surface area contributed by atoms with E-state index in [0.717, 1.165) is 11.8 Å². The number of benzene rings is 2. The average Bonchev–Trinajstić information content (AvgIpc) is 3.07. The molecule has 10 heteroatoms. The molecule has 31 heavy (non-hydrogen) atoms. The maximum atomic E-state index is 13.7. The van der Waals surface area contributed by atoms with Gasteiger partial charge in [-0.1, -0.05) is 56.3 Å². The number of hydrogen-bond acceptors (Lipinski definition) is 6. The molecule has 0 unspecified atom stereocenters. The highest BCUT2D eigenvalue weighted by molar-refractivity contribution is 7.99. The number of nitrogens with zero attached hydrogens (tertiary/aromatic N) is 3. The average molecular weight is 464 g/mol. The van der Waals surface area contributed by atoms with E-state index in [1.54, 1.807) is 0 Å². The molecule has 0 saturated carbocycles. The number of nitrogen functional groups attached to an aromatic ring is 1. The van der Waals surface area contributed by atoms with E-state index in [2.05, 4.69) is 36.3 Å². The topological polar surface area (TPSA) is 95.1 Å². The van der Waals surface area contributed by atoms with Crippen molar-refractivity contribution in [1.82, 2.24) is 14.9 Å². The lowest BCUT2D eigenvalue weighted by molar-refractivity contribution is -0.113. The molecule has 3 rings (SSSR count). The maximum Gasteiger partial charge on any atom is 0.234 e. The van der Waals surface area contributed by atoms with Crippen LogP contribution in [0, 0.1) is 5.82 Å². The summed E-state index contributed by atoms with van der Waals surface area (Å²) in [6, 6.07) is 11.8. The van der Waals surface area contributed by atoms with Crippen LogP contribution in [0.4, 0.5) is 10.1 Å². The van der Waals surface area contributed by atoms with Gasteiger partial charge in [0.1, 0.15) is 18.2 Å². The molecule has 1 aromatic heterocycles. The van der Waals surface area contributed by atoms with E-state index >= 15 is 0 Å². The minimum absolute atomic E-state index is 0.0129. The van der Waals surface area contributed by atoms with Gasteiger partial charge in [-0.25, -0.2) is 9.07 Å². The number of carbonyl (C=O) groups excluding carboxylic acids is 1. The number of carbonyl (C=O) groups is 1. The molecule has 0 bridgehead atoms. The van der Waals surface area contributed by atoms with Crippen LogP contribution >= 0.6 is 23.4 Å². The first kappa shape index (κ1) is 22.9. The first-order chi connectivity index (χ1) is 14.6. The first-order valence-corrected chi connectivity index (χ1v) is 10.8. The smallest absolute Gasteiger partial charge is 0.234 e. The Kier molecular flexibility index (Phi) is 7.07. The van der Waals surface area contributed by atoms with Crippen molar-refractivity contribution in [1.29, 1.82) is 0 Å². The Morgan fingerprint density at radius 3 is 2.61 bits per heavy atom. The Balaban J connectivity index is 1.54. The van der Waals surface area contributed by atoms with Crippen molar-refractivity contribution in [3.63, 3.8) is 0 Å². The first-order valence-electron chi connectivity index (χ1n) is 9.44.